The van der Waals surface area contributed by atoms with Crippen molar-refractivity contribution in [3.63, 3.8) is 0 Å². The topological polar surface area (TPSA) is 76.1 Å². The van der Waals surface area contributed by atoms with E-state index in [1.807, 2.05) is 42.5 Å². The number of hydrogen-bond acceptors (Lipinski definition) is 5. The molecule has 182 valence electrons. The summed E-state index contributed by atoms with van der Waals surface area (Å²) in [6.07, 6.45) is 7.28. The van der Waals surface area contributed by atoms with E-state index < -0.39 is 9.84 Å². The molecule has 6 rings (SSSR count). The van der Waals surface area contributed by atoms with Crippen molar-refractivity contribution < 1.29 is 13.2 Å². The highest BCUT2D eigenvalue weighted by molar-refractivity contribution is 7.92. The Kier molecular flexibility index (Phi) is 5.57. The van der Waals surface area contributed by atoms with Crippen molar-refractivity contribution in [3.05, 3.63) is 60.8 Å². The van der Waals surface area contributed by atoms with Crippen molar-refractivity contribution in [3.8, 4) is 11.1 Å². The van der Waals surface area contributed by atoms with Gasteiger partial charge < -0.3 is 5.32 Å². The summed E-state index contributed by atoms with van der Waals surface area (Å²) in [7, 11) is -3.44. The zero-order valence-corrected chi connectivity index (χ0v) is 20.9. The molecule has 3 aromatic rings. The van der Waals surface area contributed by atoms with Crippen LogP contribution >= 0.6 is 0 Å². The zero-order chi connectivity index (χ0) is 24.2. The number of carbonyl (C=O) groups excluding carboxylic acids is 1. The monoisotopic (exact) mass is 488 g/mol. The predicted molar refractivity (Wildman–Crippen MR) is 138 cm³/mol. The van der Waals surface area contributed by atoms with Gasteiger partial charge in [-0.1, -0.05) is 37.3 Å². The van der Waals surface area contributed by atoms with Crippen LogP contribution in [0.4, 0.5) is 0 Å². The third-order valence-electron chi connectivity index (χ3n) is 8.63. The fourth-order valence-corrected chi connectivity index (χ4v) is 8.56. The number of rotatable bonds is 4. The van der Waals surface area contributed by atoms with Crippen LogP contribution in [0.15, 0.2) is 65.7 Å². The highest BCUT2D eigenvalue weighted by Gasteiger charge is 2.50. The molecule has 0 amide bonds. The second kappa shape index (κ2) is 8.52. The number of Topliss-reactive ketones (excluding diaryl/α,β-unsaturated/α-hetero) is 1. The molecule has 3 fully saturated rings. The van der Waals surface area contributed by atoms with E-state index in [0.29, 0.717) is 29.6 Å². The summed E-state index contributed by atoms with van der Waals surface area (Å²) < 4.78 is 27.3. The number of carbonyl (C=O) groups is 1. The van der Waals surface area contributed by atoms with Gasteiger partial charge in [-0.2, -0.15) is 0 Å². The third kappa shape index (κ3) is 4.21. The molecule has 6 heteroatoms. The second-order valence-electron chi connectivity index (χ2n) is 11.0. The first-order chi connectivity index (χ1) is 16.8. The van der Waals surface area contributed by atoms with Crippen molar-refractivity contribution in [1.82, 2.24) is 10.3 Å². The lowest BCUT2D eigenvalue weighted by Gasteiger charge is -2.48. The van der Waals surface area contributed by atoms with Gasteiger partial charge in [0.1, 0.15) is 5.78 Å². The quantitative estimate of drug-likeness (QED) is 0.547. The maximum atomic E-state index is 13.6. The maximum absolute atomic E-state index is 13.6. The normalized spacial score (nSPS) is 29.5. The average molecular weight is 489 g/mol. The van der Waals surface area contributed by atoms with E-state index in [4.69, 9.17) is 0 Å². The molecular formula is C29H32N2O3S. The standard InChI is InChI=1S/C29H32N2O3S/c1-19-16-29(17-25(21-4-5-21)27(32)18-31-29)13-12-28(19)35(33,34)24-10-8-20(9-11-24)23-7-6-22-3-2-14-30-26(22)15-23/h2-3,6-11,14-15,19,21,25,28,31H,4-5,12-13,16-18H2,1H3. The lowest BCUT2D eigenvalue weighted by atomic mass is 9.68. The Morgan fingerprint density at radius 1 is 0.971 bits per heavy atom. The number of ketones is 1. The zero-order valence-electron chi connectivity index (χ0n) is 20.1. The van der Waals surface area contributed by atoms with Crippen LogP contribution < -0.4 is 5.32 Å². The van der Waals surface area contributed by atoms with E-state index in [0.717, 1.165) is 41.3 Å². The van der Waals surface area contributed by atoms with Crippen molar-refractivity contribution >= 4 is 26.5 Å². The van der Waals surface area contributed by atoms with Crippen LogP contribution in [0, 0.1) is 17.8 Å². The van der Waals surface area contributed by atoms with Gasteiger partial charge in [-0.25, -0.2) is 8.42 Å². The highest BCUT2D eigenvalue weighted by atomic mass is 32.2. The van der Waals surface area contributed by atoms with E-state index in [1.165, 1.54) is 12.8 Å². The summed E-state index contributed by atoms with van der Waals surface area (Å²) >= 11 is 0. The minimum atomic E-state index is -3.44. The minimum absolute atomic E-state index is 0.0422. The molecule has 0 bridgehead atoms. The molecule has 5 nitrogen and oxygen atoms in total. The number of nitrogens with one attached hydrogen (secondary N) is 1. The number of fused-ring (bicyclic) bond motifs is 1. The molecule has 2 saturated carbocycles. The summed E-state index contributed by atoms with van der Waals surface area (Å²) in [5.41, 5.74) is 2.85. The van der Waals surface area contributed by atoms with E-state index in [9.17, 15) is 13.2 Å². The third-order valence-corrected chi connectivity index (χ3v) is 11.1. The van der Waals surface area contributed by atoms with E-state index >= 15 is 0 Å². The van der Waals surface area contributed by atoms with Crippen LogP contribution in [0.2, 0.25) is 0 Å². The molecule has 3 aliphatic rings. The minimum Gasteiger partial charge on any atom is -0.304 e. The average Bonchev–Trinajstić information content (AvgIpc) is 3.71. The van der Waals surface area contributed by atoms with Crippen LogP contribution in [0.5, 0.6) is 0 Å². The molecule has 1 aromatic heterocycles. The maximum Gasteiger partial charge on any atom is 0.181 e. The SMILES string of the molecule is CC1CC2(CCC1S(=O)(=O)c1ccc(-c3ccc4cccnc4c3)cc1)CC(C1CC1)C(=O)CN2. The summed E-state index contributed by atoms with van der Waals surface area (Å²) in [4.78, 5) is 17.3. The van der Waals surface area contributed by atoms with Gasteiger partial charge in [-0.15, -0.1) is 0 Å². The lowest BCUT2D eigenvalue weighted by Crippen LogP contribution is -2.59. The molecule has 1 aliphatic heterocycles. The van der Waals surface area contributed by atoms with E-state index in [2.05, 4.69) is 17.2 Å². The summed E-state index contributed by atoms with van der Waals surface area (Å²) in [6.45, 7) is 2.51. The Bertz CT molecular complexity index is 1380. The Hall–Kier alpha value is -2.57. The van der Waals surface area contributed by atoms with Gasteiger partial charge in [0.25, 0.3) is 0 Å². The summed E-state index contributed by atoms with van der Waals surface area (Å²) in [6, 6.07) is 17.4. The smallest absolute Gasteiger partial charge is 0.181 e. The highest BCUT2D eigenvalue weighted by Crippen LogP contribution is 2.48. The largest absolute Gasteiger partial charge is 0.304 e. The number of aromatic nitrogens is 1. The van der Waals surface area contributed by atoms with Crippen LogP contribution in [0.25, 0.3) is 22.0 Å². The first kappa shape index (κ1) is 22.9. The predicted octanol–water partition coefficient (Wildman–Crippen LogP) is 5.19. The van der Waals surface area contributed by atoms with Crippen molar-refractivity contribution in [2.75, 3.05) is 6.54 Å². The molecule has 35 heavy (non-hydrogen) atoms. The summed E-state index contributed by atoms with van der Waals surface area (Å²) in [5.74, 6) is 1.13. The number of benzene rings is 2. The lowest BCUT2D eigenvalue weighted by molar-refractivity contribution is -0.127. The molecule has 1 saturated heterocycles. The van der Waals surface area contributed by atoms with Gasteiger partial charge in [-0.3, -0.25) is 9.78 Å². The second-order valence-corrected chi connectivity index (χ2v) is 13.2. The molecular weight excluding hydrogens is 456 g/mol. The van der Waals surface area contributed by atoms with Gasteiger partial charge in [0, 0.05) is 23.0 Å². The molecule has 4 unspecified atom stereocenters. The number of hydrogen-bond donors (Lipinski definition) is 1. The van der Waals surface area contributed by atoms with Gasteiger partial charge in [0.05, 0.1) is 22.2 Å². The molecule has 2 heterocycles. The van der Waals surface area contributed by atoms with Crippen molar-refractivity contribution in [1.29, 1.82) is 0 Å². The van der Waals surface area contributed by atoms with Gasteiger partial charge in [0.2, 0.25) is 0 Å². The number of nitrogens with zero attached hydrogens (tertiary/aromatic N) is 1. The van der Waals surface area contributed by atoms with Crippen molar-refractivity contribution in [2.45, 2.75) is 61.1 Å². The van der Waals surface area contributed by atoms with Crippen LogP contribution in [-0.4, -0.2) is 36.5 Å². The number of piperidine rings is 1. The molecule has 2 aromatic carbocycles. The molecule has 1 spiro atoms. The number of pyridine rings is 1. The Morgan fingerprint density at radius 3 is 2.49 bits per heavy atom. The number of sulfone groups is 1. The van der Waals surface area contributed by atoms with Crippen LogP contribution in [0.3, 0.4) is 0 Å². The van der Waals surface area contributed by atoms with Crippen LogP contribution in [0.1, 0.15) is 45.4 Å². The van der Waals surface area contributed by atoms with Crippen molar-refractivity contribution in [2.24, 2.45) is 17.8 Å². The fraction of sp³-hybridized carbons (Fsp3) is 0.448. The first-order valence-electron chi connectivity index (χ1n) is 12.8. The molecule has 2 aliphatic carbocycles. The van der Waals surface area contributed by atoms with Crippen LogP contribution in [-0.2, 0) is 14.6 Å². The molecule has 1 N–H and O–H groups in total. The van der Waals surface area contributed by atoms with Gasteiger partial charge in [0.15, 0.2) is 9.84 Å². The van der Waals surface area contributed by atoms with Gasteiger partial charge >= 0.3 is 0 Å². The Balaban J connectivity index is 1.19. The Labute approximate surface area is 207 Å². The fourth-order valence-electron chi connectivity index (χ4n) is 6.56. The Morgan fingerprint density at radius 2 is 1.74 bits per heavy atom. The molecule has 4 atom stereocenters. The first-order valence-corrected chi connectivity index (χ1v) is 14.4. The molecule has 0 radical (unpaired) electrons. The van der Waals surface area contributed by atoms with E-state index in [-0.39, 0.29) is 22.6 Å². The van der Waals surface area contributed by atoms with E-state index in [1.54, 1.807) is 18.3 Å². The van der Waals surface area contributed by atoms with Gasteiger partial charge in [-0.05, 0) is 85.8 Å². The summed E-state index contributed by atoms with van der Waals surface area (Å²) in [5, 5.41) is 4.22.